The molecule has 7 heteroatoms. The molecule has 0 aliphatic carbocycles. The molecule has 3 heterocycles. The van der Waals surface area contributed by atoms with Crippen LogP contribution in [0.15, 0.2) is 18.2 Å². The zero-order valence-corrected chi connectivity index (χ0v) is 17.6. The van der Waals surface area contributed by atoms with Crippen molar-refractivity contribution >= 4 is 15.7 Å². The summed E-state index contributed by atoms with van der Waals surface area (Å²) in [5.74, 6) is 1.34. The molecule has 3 aliphatic heterocycles. The van der Waals surface area contributed by atoms with Gasteiger partial charge in [0.15, 0.2) is 9.84 Å². The molecule has 0 bridgehead atoms. The lowest BCUT2D eigenvalue weighted by Gasteiger charge is -2.43. The van der Waals surface area contributed by atoms with E-state index in [4.69, 9.17) is 4.74 Å². The lowest BCUT2D eigenvalue weighted by molar-refractivity contribution is -0.138. The lowest BCUT2D eigenvalue weighted by Crippen LogP contribution is -2.57. The highest BCUT2D eigenvalue weighted by Crippen LogP contribution is 2.35. The summed E-state index contributed by atoms with van der Waals surface area (Å²) in [6.45, 7) is 5.01. The molecule has 6 nitrogen and oxygen atoms in total. The van der Waals surface area contributed by atoms with Gasteiger partial charge >= 0.3 is 0 Å². The SMILES string of the molecule is Cc1ccc2c(c1)CN(C)C[C@@]1(CCCN(C(=O)C[C@H]3CCS(=O)(=O)C3)C1)O2. The van der Waals surface area contributed by atoms with E-state index in [0.717, 1.165) is 38.2 Å². The Morgan fingerprint density at radius 3 is 2.89 bits per heavy atom. The number of nitrogens with zero attached hydrogens (tertiary/aromatic N) is 2. The highest BCUT2D eigenvalue weighted by atomic mass is 32.2. The van der Waals surface area contributed by atoms with E-state index in [1.165, 1.54) is 11.1 Å². The summed E-state index contributed by atoms with van der Waals surface area (Å²) < 4.78 is 30.0. The number of likely N-dealkylation sites (tertiary alicyclic amines) is 1. The number of carbonyl (C=O) groups excluding carboxylic acids is 1. The van der Waals surface area contributed by atoms with Crippen molar-refractivity contribution in [2.24, 2.45) is 5.92 Å². The van der Waals surface area contributed by atoms with Gasteiger partial charge in [-0.15, -0.1) is 0 Å². The van der Waals surface area contributed by atoms with Crippen molar-refractivity contribution in [2.75, 3.05) is 38.2 Å². The van der Waals surface area contributed by atoms with Gasteiger partial charge in [-0.05, 0) is 45.2 Å². The first-order valence-electron chi connectivity index (χ1n) is 10.2. The molecule has 2 fully saturated rings. The van der Waals surface area contributed by atoms with Crippen LogP contribution < -0.4 is 4.74 Å². The van der Waals surface area contributed by atoms with Crippen LogP contribution in [0, 0.1) is 12.8 Å². The van der Waals surface area contributed by atoms with Crippen LogP contribution in [0.1, 0.15) is 36.8 Å². The maximum atomic E-state index is 12.9. The quantitative estimate of drug-likeness (QED) is 0.752. The van der Waals surface area contributed by atoms with E-state index < -0.39 is 15.4 Å². The summed E-state index contributed by atoms with van der Waals surface area (Å²) in [6, 6.07) is 6.30. The van der Waals surface area contributed by atoms with E-state index >= 15 is 0 Å². The number of fused-ring (bicyclic) bond motifs is 1. The van der Waals surface area contributed by atoms with Crippen molar-refractivity contribution in [1.29, 1.82) is 0 Å². The Balaban J connectivity index is 1.49. The van der Waals surface area contributed by atoms with Gasteiger partial charge in [-0.2, -0.15) is 0 Å². The predicted octanol–water partition coefficient (Wildman–Crippen LogP) is 2.01. The van der Waals surface area contributed by atoms with E-state index in [2.05, 4.69) is 37.1 Å². The molecule has 0 aromatic heterocycles. The van der Waals surface area contributed by atoms with E-state index in [0.29, 0.717) is 19.4 Å². The molecule has 1 spiro atoms. The van der Waals surface area contributed by atoms with Gasteiger partial charge in [-0.25, -0.2) is 8.42 Å². The molecule has 0 saturated carbocycles. The molecule has 0 radical (unpaired) electrons. The molecule has 2 atom stereocenters. The Bertz CT molecular complexity index is 869. The van der Waals surface area contributed by atoms with Gasteiger partial charge < -0.3 is 9.64 Å². The normalized spacial score (nSPS) is 29.9. The molecule has 28 heavy (non-hydrogen) atoms. The Hall–Kier alpha value is -1.60. The van der Waals surface area contributed by atoms with E-state index in [1.807, 2.05) is 4.90 Å². The van der Waals surface area contributed by atoms with Crippen LogP contribution in [0.5, 0.6) is 5.75 Å². The first-order chi connectivity index (χ1) is 13.2. The van der Waals surface area contributed by atoms with Crippen molar-refractivity contribution in [3.8, 4) is 5.75 Å². The predicted molar refractivity (Wildman–Crippen MR) is 108 cm³/mol. The zero-order chi connectivity index (χ0) is 19.9. The third-order valence-corrected chi connectivity index (χ3v) is 8.06. The number of aryl methyl sites for hydroxylation is 1. The summed E-state index contributed by atoms with van der Waals surface area (Å²) in [7, 11) is -0.846. The van der Waals surface area contributed by atoms with Crippen LogP contribution in [0.3, 0.4) is 0 Å². The van der Waals surface area contributed by atoms with Gasteiger partial charge in [0.2, 0.25) is 5.91 Å². The first kappa shape index (κ1) is 19.7. The number of rotatable bonds is 2. The molecular weight excluding hydrogens is 376 g/mol. The van der Waals surface area contributed by atoms with Crippen LogP contribution in [-0.4, -0.2) is 67.9 Å². The van der Waals surface area contributed by atoms with Crippen LogP contribution >= 0.6 is 0 Å². The van der Waals surface area contributed by atoms with Crippen molar-refractivity contribution in [1.82, 2.24) is 9.80 Å². The summed E-state index contributed by atoms with van der Waals surface area (Å²) in [4.78, 5) is 17.1. The summed E-state index contributed by atoms with van der Waals surface area (Å²) in [5, 5.41) is 0. The van der Waals surface area contributed by atoms with E-state index in [-0.39, 0.29) is 23.3 Å². The number of benzene rings is 1. The molecule has 4 rings (SSSR count). The minimum Gasteiger partial charge on any atom is -0.484 e. The number of sulfone groups is 1. The second-order valence-corrected chi connectivity index (χ2v) is 11.2. The number of carbonyl (C=O) groups is 1. The summed E-state index contributed by atoms with van der Waals surface area (Å²) >= 11 is 0. The number of amides is 1. The molecular formula is C21H30N2O4S. The van der Waals surface area contributed by atoms with Crippen LogP contribution in [0.25, 0.3) is 0 Å². The number of hydrogen-bond donors (Lipinski definition) is 0. The number of likely N-dealkylation sites (N-methyl/N-ethyl adjacent to an activating group) is 1. The van der Waals surface area contributed by atoms with E-state index in [1.54, 1.807) is 0 Å². The number of hydrogen-bond acceptors (Lipinski definition) is 5. The van der Waals surface area contributed by atoms with Crippen LogP contribution in [0.4, 0.5) is 0 Å². The number of ether oxygens (including phenoxy) is 1. The van der Waals surface area contributed by atoms with E-state index in [9.17, 15) is 13.2 Å². The van der Waals surface area contributed by atoms with Gasteiger partial charge in [0.05, 0.1) is 18.1 Å². The van der Waals surface area contributed by atoms with Gasteiger partial charge in [0.25, 0.3) is 0 Å². The minimum absolute atomic E-state index is 0.0307. The smallest absolute Gasteiger partial charge is 0.223 e. The monoisotopic (exact) mass is 406 g/mol. The second kappa shape index (κ2) is 7.34. The van der Waals surface area contributed by atoms with Gasteiger partial charge in [-0.3, -0.25) is 9.69 Å². The standard InChI is InChI=1S/C21H30N2O4S/c1-16-4-5-19-18(10-16)12-22(2)14-21(27-19)7-3-8-23(15-21)20(24)11-17-6-9-28(25,26)13-17/h4-5,10,17H,3,6-9,11-15H2,1-2H3/t17-,21-/m1/s1. The molecule has 1 aromatic rings. The highest BCUT2D eigenvalue weighted by Gasteiger charge is 2.42. The second-order valence-electron chi connectivity index (χ2n) is 8.96. The van der Waals surface area contributed by atoms with Crippen LogP contribution in [-0.2, 0) is 21.2 Å². The summed E-state index contributed by atoms with van der Waals surface area (Å²) in [5.41, 5.74) is 2.02. The summed E-state index contributed by atoms with van der Waals surface area (Å²) in [6.07, 6.45) is 2.77. The van der Waals surface area contributed by atoms with Crippen molar-refractivity contribution in [3.05, 3.63) is 29.3 Å². The minimum atomic E-state index is -2.95. The highest BCUT2D eigenvalue weighted by molar-refractivity contribution is 7.91. The Morgan fingerprint density at radius 2 is 2.14 bits per heavy atom. The molecule has 1 aromatic carbocycles. The lowest BCUT2D eigenvalue weighted by atomic mass is 9.91. The zero-order valence-electron chi connectivity index (χ0n) is 16.8. The molecule has 0 unspecified atom stereocenters. The maximum absolute atomic E-state index is 12.9. The molecule has 1 amide bonds. The van der Waals surface area contributed by atoms with Crippen molar-refractivity contribution < 1.29 is 17.9 Å². The molecule has 3 aliphatic rings. The van der Waals surface area contributed by atoms with Gasteiger partial charge in [-0.1, -0.05) is 17.7 Å². The third kappa shape index (κ3) is 4.20. The van der Waals surface area contributed by atoms with Crippen LogP contribution in [0.2, 0.25) is 0 Å². The third-order valence-electron chi connectivity index (χ3n) is 6.22. The van der Waals surface area contributed by atoms with Crippen molar-refractivity contribution in [3.63, 3.8) is 0 Å². The average molecular weight is 407 g/mol. The number of piperidine rings is 1. The fourth-order valence-corrected chi connectivity index (χ4v) is 6.83. The van der Waals surface area contributed by atoms with Crippen molar-refractivity contribution in [2.45, 2.75) is 44.8 Å². The fraction of sp³-hybridized carbons (Fsp3) is 0.667. The molecule has 154 valence electrons. The Morgan fingerprint density at radius 1 is 1.32 bits per heavy atom. The van der Waals surface area contributed by atoms with Gasteiger partial charge in [0.1, 0.15) is 11.4 Å². The van der Waals surface area contributed by atoms with Gasteiger partial charge in [0, 0.05) is 31.6 Å². The average Bonchev–Trinajstić information content (AvgIpc) is 2.88. The molecule has 2 saturated heterocycles. The first-order valence-corrected chi connectivity index (χ1v) is 12.0. The molecule has 0 N–H and O–H groups in total. The Kier molecular flexibility index (Phi) is 5.16. The maximum Gasteiger partial charge on any atom is 0.223 e. The Labute approximate surface area is 167 Å². The fourth-order valence-electron chi connectivity index (χ4n) is 4.97. The topological polar surface area (TPSA) is 66.9 Å². The largest absolute Gasteiger partial charge is 0.484 e.